The highest BCUT2D eigenvalue weighted by Gasteiger charge is 2.08. The molecule has 0 radical (unpaired) electrons. The van der Waals surface area contributed by atoms with Crippen LogP contribution in [-0.4, -0.2) is 12.1 Å². The standard InChI is InChI=1S/C12H19BrN2/c1-12(2,14)7-8-15-9-10-3-5-11(13)6-4-10/h3-6,15H,7-9,14H2,1-2H3. The molecule has 0 aliphatic heterocycles. The summed E-state index contributed by atoms with van der Waals surface area (Å²) in [7, 11) is 0. The smallest absolute Gasteiger partial charge is 0.0205 e. The molecule has 1 aromatic carbocycles. The van der Waals surface area contributed by atoms with E-state index in [9.17, 15) is 0 Å². The zero-order chi connectivity index (χ0) is 11.3. The summed E-state index contributed by atoms with van der Waals surface area (Å²) in [5.41, 5.74) is 7.11. The van der Waals surface area contributed by atoms with Gasteiger partial charge in [0.05, 0.1) is 0 Å². The van der Waals surface area contributed by atoms with Crippen molar-refractivity contribution in [3.05, 3.63) is 34.3 Å². The molecule has 15 heavy (non-hydrogen) atoms. The first kappa shape index (κ1) is 12.7. The number of nitrogens with one attached hydrogen (secondary N) is 1. The molecule has 2 nitrogen and oxygen atoms in total. The first-order valence-corrected chi connectivity index (χ1v) is 6.01. The van der Waals surface area contributed by atoms with Gasteiger partial charge in [0, 0.05) is 16.6 Å². The van der Waals surface area contributed by atoms with Crippen LogP contribution in [0.15, 0.2) is 28.7 Å². The van der Waals surface area contributed by atoms with Crippen LogP contribution in [0.4, 0.5) is 0 Å². The fourth-order valence-corrected chi connectivity index (χ4v) is 1.51. The van der Waals surface area contributed by atoms with Crippen molar-refractivity contribution in [2.45, 2.75) is 32.4 Å². The number of hydrogen-bond donors (Lipinski definition) is 2. The predicted octanol–water partition coefficient (Wildman–Crippen LogP) is 2.67. The van der Waals surface area contributed by atoms with Gasteiger partial charge in [0.25, 0.3) is 0 Å². The Morgan fingerprint density at radius 3 is 2.40 bits per heavy atom. The van der Waals surface area contributed by atoms with Crippen molar-refractivity contribution >= 4 is 15.9 Å². The fraction of sp³-hybridized carbons (Fsp3) is 0.500. The van der Waals surface area contributed by atoms with Crippen LogP contribution in [0.3, 0.4) is 0 Å². The van der Waals surface area contributed by atoms with E-state index in [1.54, 1.807) is 0 Å². The summed E-state index contributed by atoms with van der Waals surface area (Å²) in [5, 5.41) is 3.38. The lowest BCUT2D eigenvalue weighted by molar-refractivity contribution is 0.455. The van der Waals surface area contributed by atoms with Gasteiger partial charge in [-0.3, -0.25) is 0 Å². The highest BCUT2D eigenvalue weighted by Crippen LogP contribution is 2.10. The molecule has 84 valence electrons. The van der Waals surface area contributed by atoms with Gasteiger partial charge in [0.15, 0.2) is 0 Å². The molecule has 0 bridgehead atoms. The zero-order valence-electron chi connectivity index (χ0n) is 9.39. The average Bonchev–Trinajstić information content (AvgIpc) is 2.14. The van der Waals surface area contributed by atoms with Crippen molar-refractivity contribution in [3.63, 3.8) is 0 Å². The first-order valence-electron chi connectivity index (χ1n) is 5.21. The minimum absolute atomic E-state index is 0.0767. The normalized spacial score (nSPS) is 11.7. The van der Waals surface area contributed by atoms with Gasteiger partial charge in [-0.05, 0) is 44.5 Å². The number of hydrogen-bond acceptors (Lipinski definition) is 2. The third kappa shape index (κ3) is 5.92. The van der Waals surface area contributed by atoms with Crippen molar-refractivity contribution in [2.75, 3.05) is 6.54 Å². The Kier molecular flexibility index (Phi) is 4.77. The molecule has 0 fully saturated rings. The predicted molar refractivity (Wildman–Crippen MR) is 68.7 cm³/mol. The minimum Gasteiger partial charge on any atom is -0.326 e. The lowest BCUT2D eigenvalue weighted by atomic mass is 10.0. The summed E-state index contributed by atoms with van der Waals surface area (Å²) >= 11 is 3.42. The van der Waals surface area contributed by atoms with Gasteiger partial charge in [-0.15, -0.1) is 0 Å². The van der Waals surface area contributed by atoms with E-state index < -0.39 is 0 Å². The van der Waals surface area contributed by atoms with E-state index in [4.69, 9.17) is 5.73 Å². The van der Waals surface area contributed by atoms with Gasteiger partial charge in [0.2, 0.25) is 0 Å². The van der Waals surface area contributed by atoms with Gasteiger partial charge < -0.3 is 11.1 Å². The van der Waals surface area contributed by atoms with Gasteiger partial charge >= 0.3 is 0 Å². The maximum absolute atomic E-state index is 5.89. The molecule has 3 heteroatoms. The molecule has 0 unspecified atom stereocenters. The summed E-state index contributed by atoms with van der Waals surface area (Å²) in [6, 6.07) is 8.35. The topological polar surface area (TPSA) is 38.0 Å². The van der Waals surface area contributed by atoms with Gasteiger partial charge in [-0.25, -0.2) is 0 Å². The Morgan fingerprint density at radius 1 is 1.27 bits per heavy atom. The van der Waals surface area contributed by atoms with Crippen LogP contribution < -0.4 is 11.1 Å². The number of halogens is 1. The number of benzene rings is 1. The van der Waals surface area contributed by atoms with Crippen molar-refractivity contribution in [1.82, 2.24) is 5.32 Å². The molecule has 0 spiro atoms. The largest absolute Gasteiger partial charge is 0.326 e. The highest BCUT2D eigenvalue weighted by molar-refractivity contribution is 9.10. The number of rotatable bonds is 5. The van der Waals surface area contributed by atoms with E-state index in [1.807, 2.05) is 13.8 Å². The second-order valence-corrected chi connectivity index (χ2v) is 5.46. The van der Waals surface area contributed by atoms with E-state index >= 15 is 0 Å². The summed E-state index contributed by atoms with van der Waals surface area (Å²) in [6.45, 7) is 5.96. The van der Waals surface area contributed by atoms with Gasteiger partial charge in [0.1, 0.15) is 0 Å². The quantitative estimate of drug-likeness (QED) is 0.808. The molecule has 3 N–H and O–H groups in total. The Bertz CT molecular complexity index is 287. The Hall–Kier alpha value is -0.380. The Labute approximate surface area is 100 Å². The van der Waals surface area contributed by atoms with Crippen molar-refractivity contribution < 1.29 is 0 Å². The minimum atomic E-state index is -0.0767. The van der Waals surface area contributed by atoms with Gasteiger partial charge in [-0.2, -0.15) is 0 Å². The molecule has 1 rings (SSSR count). The van der Waals surface area contributed by atoms with Crippen molar-refractivity contribution in [3.8, 4) is 0 Å². The summed E-state index contributed by atoms with van der Waals surface area (Å²) < 4.78 is 1.12. The molecule has 0 saturated carbocycles. The third-order valence-corrected chi connectivity index (χ3v) is 2.72. The zero-order valence-corrected chi connectivity index (χ0v) is 11.0. The van der Waals surface area contributed by atoms with E-state index in [1.165, 1.54) is 5.56 Å². The van der Waals surface area contributed by atoms with E-state index in [0.29, 0.717) is 0 Å². The maximum atomic E-state index is 5.89. The second-order valence-electron chi connectivity index (χ2n) is 4.54. The van der Waals surface area contributed by atoms with Crippen LogP contribution in [0.5, 0.6) is 0 Å². The molecule has 0 amide bonds. The van der Waals surface area contributed by atoms with Crippen LogP contribution in [0, 0.1) is 0 Å². The van der Waals surface area contributed by atoms with Crippen LogP contribution in [0.2, 0.25) is 0 Å². The van der Waals surface area contributed by atoms with E-state index in [2.05, 4.69) is 45.5 Å². The average molecular weight is 271 g/mol. The third-order valence-electron chi connectivity index (χ3n) is 2.19. The van der Waals surface area contributed by atoms with Crippen LogP contribution in [-0.2, 0) is 6.54 Å². The van der Waals surface area contributed by atoms with Crippen LogP contribution in [0.1, 0.15) is 25.8 Å². The van der Waals surface area contributed by atoms with Crippen LogP contribution >= 0.6 is 15.9 Å². The molecule has 0 aromatic heterocycles. The molecule has 0 saturated heterocycles. The van der Waals surface area contributed by atoms with Crippen molar-refractivity contribution in [1.29, 1.82) is 0 Å². The SMILES string of the molecule is CC(C)(N)CCNCc1ccc(Br)cc1. The summed E-state index contributed by atoms with van der Waals surface area (Å²) in [5.74, 6) is 0. The Balaban J connectivity index is 2.23. The second kappa shape index (κ2) is 5.64. The lowest BCUT2D eigenvalue weighted by Gasteiger charge is -2.18. The summed E-state index contributed by atoms with van der Waals surface area (Å²) in [4.78, 5) is 0. The monoisotopic (exact) mass is 270 g/mol. The van der Waals surface area contributed by atoms with Crippen molar-refractivity contribution in [2.24, 2.45) is 5.73 Å². The highest BCUT2D eigenvalue weighted by atomic mass is 79.9. The van der Waals surface area contributed by atoms with E-state index in [0.717, 1.165) is 24.0 Å². The molecule has 0 atom stereocenters. The first-order chi connectivity index (χ1) is 6.97. The molecule has 0 heterocycles. The summed E-state index contributed by atoms with van der Waals surface area (Å²) in [6.07, 6.45) is 0.990. The molecular formula is C12H19BrN2. The lowest BCUT2D eigenvalue weighted by Crippen LogP contribution is -2.35. The number of nitrogens with two attached hydrogens (primary N) is 1. The molecular weight excluding hydrogens is 252 g/mol. The van der Waals surface area contributed by atoms with E-state index in [-0.39, 0.29) is 5.54 Å². The van der Waals surface area contributed by atoms with Gasteiger partial charge in [-0.1, -0.05) is 28.1 Å². The fourth-order valence-electron chi connectivity index (χ4n) is 1.25. The maximum Gasteiger partial charge on any atom is 0.0205 e. The Morgan fingerprint density at radius 2 is 1.87 bits per heavy atom. The molecule has 0 aliphatic rings. The molecule has 1 aromatic rings. The molecule has 0 aliphatic carbocycles. The van der Waals surface area contributed by atoms with Crippen LogP contribution in [0.25, 0.3) is 0 Å².